The van der Waals surface area contributed by atoms with Crippen LogP contribution >= 0.6 is 0 Å². The number of phenols is 1. The van der Waals surface area contributed by atoms with Gasteiger partial charge in [-0.15, -0.1) is 0 Å². The van der Waals surface area contributed by atoms with Gasteiger partial charge in [0, 0.05) is 11.4 Å². The Labute approximate surface area is 187 Å². The number of carbonyl (C=O) groups is 2. The Bertz CT molecular complexity index is 1110. The van der Waals surface area contributed by atoms with Crippen LogP contribution in [0.4, 0.5) is 0 Å². The number of aromatic hydroxyl groups is 1. The smallest absolute Gasteiger partial charge is 0.337 e. The molecule has 0 aromatic heterocycles. The Morgan fingerprint density at radius 3 is 2.22 bits per heavy atom. The van der Waals surface area contributed by atoms with E-state index in [2.05, 4.69) is 5.32 Å². The molecule has 3 rings (SSSR count). The molecule has 6 heteroatoms. The first kappa shape index (κ1) is 22.9. The third kappa shape index (κ3) is 4.91. The molecule has 1 aliphatic heterocycles. The summed E-state index contributed by atoms with van der Waals surface area (Å²) in [6, 6.07) is 14.3. The molecule has 1 aliphatic rings. The average molecular weight is 434 g/mol. The molecule has 0 bridgehead atoms. The summed E-state index contributed by atoms with van der Waals surface area (Å²) in [4.78, 5) is 25.8. The summed E-state index contributed by atoms with van der Waals surface area (Å²) in [6.45, 7) is 5.60. The molecule has 0 radical (unpaired) electrons. The Hall–Kier alpha value is -3.80. The highest BCUT2D eigenvalue weighted by Gasteiger charge is 2.38. The normalized spacial score (nSPS) is 16.2. The molecule has 1 heterocycles. The van der Waals surface area contributed by atoms with E-state index in [0.717, 1.165) is 16.7 Å². The van der Waals surface area contributed by atoms with Crippen LogP contribution in [0.1, 0.15) is 36.5 Å². The molecule has 1 atom stereocenters. The van der Waals surface area contributed by atoms with Gasteiger partial charge in [-0.1, -0.05) is 42.5 Å². The first-order valence-corrected chi connectivity index (χ1v) is 10.3. The van der Waals surface area contributed by atoms with Crippen molar-refractivity contribution in [1.29, 1.82) is 0 Å². The highest BCUT2D eigenvalue weighted by Crippen LogP contribution is 2.40. The molecular formula is C26H27NO5. The fourth-order valence-electron chi connectivity index (χ4n) is 3.84. The maximum absolute atomic E-state index is 13.2. The SMILES string of the molecule is COC(=O)C1=C(C)NC(C)=C(C(=O)OC/C=C/c2ccc(O)cc2)C1c1ccccc1C. The Morgan fingerprint density at radius 1 is 0.969 bits per heavy atom. The number of ether oxygens (including phenoxy) is 2. The van der Waals surface area contributed by atoms with E-state index in [9.17, 15) is 14.7 Å². The topological polar surface area (TPSA) is 84.9 Å². The van der Waals surface area contributed by atoms with E-state index >= 15 is 0 Å². The number of phenolic OH excluding ortho intramolecular Hbond substituents is 1. The number of benzene rings is 2. The third-order valence-corrected chi connectivity index (χ3v) is 5.40. The zero-order chi connectivity index (χ0) is 23.3. The molecule has 2 aromatic rings. The van der Waals surface area contributed by atoms with Gasteiger partial charge in [0.25, 0.3) is 0 Å². The molecule has 0 saturated heterocycles. The second-order valence-corrected chi connectivity index (χ2v) is 7.58. The number of hydrogen-bond acceptors (Lipinski definition) is 6. The van der Waals surface area contributed by atoms with E-state index < -0.39 is 17.9 Å². The number of aryl methyl sites for hydroxylation is 1. The minimum atomic E-state index is -0.599. The first-order chi connectivity index (χ1) is 15.3. The van der Waals surface area contributed by atoms with E-state index in [-0.39, 0.29) is 12.4 Å². The Balaban J connectivity index is 1.89. The average Bonchev–Trinajstić information content (AvgIpc) is 2.77. The van der Waals surface area contributed by atoms with Gasteiger partial charge >= 0.3 is 11.9 Å². The van der Waals surface area contributed by atoms with E-state index in [1.807, 2.05) is 31.2 Å². The van der Waals surface area contributed by atoms with Crippen molar-refractivity contribution in [2.75, 3.05) is 13.7 Å². The van der Waals surface area contributed by atoms with Crippen LogP contribution in [0.2, 0.25) is 0 Å². The molecule has 2 aromatic carbocycles. The highest BCUT2D eigenvalue weighted by molar-refractivity contribution is 6.00. The lowest BCUT2D eigenvalue weighted by molar-refractivity contribution is -0.138. The number of esters is 2. The van der Waals surface area contributed by atoms with Gasteiger partial charge in [-0.3, -0.25) is 0 Å². The predicted octanol–water partition coefficient (Wildman–Crippen LogP) is 4.37. The van der Waals surface area contributed by atoms with E-state index in [1.54, 1.807) is 50.3 Å². The van der Waals surface area contributed by atoms with Crippen LogP contribution in [0, 0.1) is 6.92 Å². The maximum atomic E-state index is 13.2. The van der Waals surface area contributed by atoms with Crippen LogP contribution in [0.25, 0.3) is 6.08 Å². The first-order valence-electron chi connectivity index (χ1n) is 10.3. The van der Waals surface area contributed by atoms with E-state index in [4.69, 9.17) is 9.47 Å². The number of dihydropyridines is 1. The second kappa shape index (κ2) is 10.0. The zero-order valence-corrected chi connectivity index (χ0v) is 18.6. The van der Waals surface area contributed by atoms with Crippen molar-refractivity contribution < 1.29 is 24.2 Å². The van der Waals surface area contributed by atoms with Crippen LogP contribution < -0.4 is 5.32 Å². The standard InChI is InChI=1S/C26H27NO5/c1-16-8-5-6-10-21(16)24-22(25(29)31-4)17(2)27-18(3)23(24)26(30)32-15-7-9-19-11-13-20(28)14-12-19/h5-14,24,27-28H,15H2,1-4H3/b9-7+. The summed E-state index contributed by atoms with van der Waals surface area (Å²) in [6.07, 6.45) is 3.53. The van der Waals surface area contributed by atoms with Crippen molar-refractivity contribution in [2.45, 2.75) is 26.7 Å². The number of hydrogen-bond donors (Lipinski definition) is 2. The maximum Gasteiger partial charge on any atom is 0.337 e. The van der Waals surface area contributed by atoms with Crippen LogP contribution in [0.5, 0.6) is 5.75 Å². The molecule has 166 valence electrons. The fraction of sp³-hybridized carbons (Fsp3) is 0.231. The van der Waals surface area contributed by atoms with Gasteiger partial charge in [-0.2, -0.15) is 0 Å². The van der Waals surface area contributed by atoms with Crippen LogP contribution in [-0.4, -0.2) is 30.8 Å². The van der Waals surface area contributed by atoms with Crippen LogP contribution in [0.15, 0.2) is 77.1 Å². The quantitative estimate of drug-likeness (QED) is 0.659. The Morgan fingerprint density at radius 2 is 1.59 bits per heavy atom. The summed E-state index contributed by atoms with van der Waals surface area (Å²) in [5.74, 6) is -1.41. The molecule has 6 nitrogen and oxygen atoms in total. The third-order valence-electron chi connectivity index (χ3n) is 5.40. The number of nitrogens with one attached hydrogen (secondary N) is 1. The van der Waals surface area contributed by atoms with Crippen LogP contribution in [0.3, 0.4) is 0 Å². The predicted molar refractivity (Wildman–Crippen MR) is 123 cm³/mol. The minimum Gasteiger partial charge on any atom is -0.508 e. The molecule has 0 amide bonds. The van der Waals surface area contributed by atoms with Gasteiger partial charge in [0.15, 0.2) is 0 Å². The number of allylic oxidation sites excluding steroid dienone is 2. The van der Waals surface area contributed by atoms with Crippen molar-refractivity contribution in [1.82, 2.24) is 5.32 Å². The Kier molecular flexibility index (Phi) is 7.15. The lowest BCUT2D eigenvalue weighted by atomic mass is 9.79. The lowest BCUT2D eigenvalue weighted by Crippen LogP contribution is -2.32. The van der Waals surface area contributed by atoms with Crippen molar-refractivity contribution in [3.63, 3.8) is 0 Å². The van der Waals surface area contributed by atoms with Gasteiger partial charge in [-0.05, 0) is 55.7 Å². The fourth-order valence-corrected chi connectivity index (χ4v) is 3.84. The summed E-state index contributed by atoms with van der Waals surface area (Å²) in [5, 5.41) is 12.5. The van der Waals surface area contributed by atoms with Gasteiger partial charge in [0.1, 0.15) is 12.4 Å². The monoisotopic (exact) mass is 433 g/mol. The molecular weight excluding hydrogens is 406 g/mol. The molecule has 0 saturated carbocycles. The van der Waals surface area contributed by atoms with E-state index in [0.29, 0.717) is 22.5 Å². The molecule has 1 unspecified atom stereocenters. The summed E-state index contributed by atoms with van der Waals surface area (Å²) >= 11 is 0. The minimum absolute atomic E-state index is 0.0627. The largest absolute Gasteiger partial charge is 0.508 e. The second-order valence-electron chi connectivity index (χ2n) is 7.58. The van der Waals surface area contributed by atoms with Crippen molar-refractivity contribution in [3.8, 4) is 5.75 Å². The zero-order valence-electron chi connectivity index (χ0n) is 18.6. The van der Waals surface area contributed by atoms with Gasteiger partial charge in [0.05, 0.1) is 24.2 Å². The number of methoxy groups -OCH3 is 1. The summed E-state index contributed by atoms with van der Waals surface area (Å²) in [5.41, 5.74) is 4.72. The van der Waals surface area contributed by atoms with Crippen molar-refractivity contribution in [3.05, 3.63) is 93.8 Å². The number of carbonyl (C=O) groups excluding carboxylic acids is 2. The summed E-state index contributed by atoms with van der Waals surface area (Å²) in [7, 11) is 1.33. The van der Waals surface area contributed by atoms with Gasteiger partial charge < -0.3 is 19.9 Å². The molecule has 0 aliphatic carbocycles. The molecule has 0 spiro atoms. The molecule has 2 N–H and O–H groups in total. The van der Waals surface area contributed by atoms with Crippen LogP contribution in [-0.2, 0) is 19.1 Å². The van der Waals surface area contributed by atoms with Crippen molar-refractivity contribution >= 4 is 18.0 Å². The van der Waals surface area contributed by atoms with Gasteiger partial charge in [-0.25, -0.2) is 9.59 Å². The van der Waals surface area contributed by atoms with Gasteiger partial charge in [0.2, 0.25) is 0 Å². The van der Waals surface area contributed by atoms with E-state index in [1.165, 1.54) is 7.11 Å². The lowest BCUT2D eigenvalue weighted by Gasteiger charge is -2.31. The molecule has 32 heavy (non-hydrogen) atoms. The summed E-state index contributed by atoms with van der Waals surface area (Å²) < 4.78 is 10.6. The number of rotatable bonds is 6. The van der Waals surface area contributed by atoms with Crippen molar-refractivity contribution in [2.24, 2.45) is 0 Å². The molecule has 0 fully saturated rings. The highest BCUT2D eigenvalue weighted by atomic mass is 16.5.